The van der Waals surface area contributed by atoms with Crippen LogP contribution in [0.5, 0.6) is 0 Å². The van der Waals surface area contributed by atoms with Crippen LogP contribution < -0.4 is 0 Å². The SMILES string of the molecule is CCCCC1=CC(c2cccc3ccccc23)=CC1. The van der Waals surface area contributed by atoms with Gasteiger partial charge in [-0.05, 0) is 41.2 Å². The van der Waals surface area contributed by atoms with Gasteiger partial charge in [0.2, 0.25) is 0 Å². The van der Waals surface area contributed by atoms with E-state index < -0.39 is 0 Å². The van der Waals surface area contributed by atoms with E-state index in [0.717, 1.165) is 6.42 Å². The molecule has 0 saturated heterocycles. The lowest BCUT2D eigenvalue weighted by atomic mass is 9.99. The van der Waals surface area contributed by atoms with Crippen LogP contribution in [0.1, 0.15) is 38.2 Å². The van der Waals surface area contributed by atoms with Crippen molar-refractivity contribution in [1.29, 1.82) is 0 Å². The number of allylic oxidation sites excluding steroid dienone is 4. The van der Waals surface area contributed by atoms with Crippen molar-refractivity contribution in [3.05, 3.63) is 65.8 Å². The zero-order valence-electron chi connectivity index (χ0n) is 11.5. The van der Waals surface area contributed by atoms with Gasteiger partial charge in [-0.1, -0.05) is 73.5 Å². The summed E-state index contributed by atoms with van der Waals surface area (Å²) in [6, 6.07) is 15.3. The quantitative estimate of drug-likeness (QED) is 0.647. The molecule has 0 heterocycles. The summed E-state index contributed by atoms with van der Waals surface area (Å²) >= 11 is 0. The maximum Gasteiger partial charge on any atom is -0.0106 e. The van der Waals surface area contributed by atoms with Crippen molar-refractivity contribution in [1.82, 2.24) is 0 Å². The summed E-state index contributed by atoms with van der Waals surface area (Å²) in [5.74, 6) is 0. The van der Waals surface area contributed by atoms with E-state index >= 15 is 0 Å². The van der Waals surface area contributed by atoms with Gasteiger partial charge in [-0.15, -0.1) is 0 Å². The molecule has 0 amide bonds. The molecule has 0 atom stereocenters. The number of benzene rings is 2. The molecule has 3 rings (SSSR count). The van der Waals surface area contributed by atoms with Crippen molar-refractivity contribution in [2.45, 2.75) is 32.6 Å². The van der Waals surface area contributed by atoms with Gasteiger partial charge in [-0.2, -0.15) is 0 Å². The van der Waals surface area contributed by atoms with Gasteiger partial charge < -0.3 is 0 Å². The Kier molecular flexibility index (Phi) is 3.50. The van der Waals surface area contributed by atoms with E-state index in [2.05, 4.69) is 61.5 Å². The minimum atomic E-state index is 1.14. The van der Waals surface area contributed by atoms with Crippen molar-refractivity contribution in [3.63, 3.8) is 0 Å². The van der Waals surface area contributed by atoms with Crippen LogP contribution in [0.2, 0.25) is 0 Å². The Balaban J connectivity index is 1.95. The smallest absolute Gasteiger partial charge is 0.0106 e. The molecule has 0 fully saturated rings. The third-order valence-corrected chi connectivity index (χ3v) is 3.90. The summed E-state index contributed by atoms with van der Waals surface area (Å²) in [6.45, 7) is 2.26. The fourth-order valence-electron chi connectivity index (χ4n) is 2.82. The van der Waals surface area contributed by atoms with E-state index in [-0.39, 0.29) is 0 Å². The van der Waals surface area contributed by atoms with Gasteiger partial charge >= 0.3 is 0 Å². The molecule has 0 spiro atoms. The van der Waals surface area contributed by atoms with Crippen molar-refractivity contribution >= 4 is 16.3 Å². The fourth-order valence-corrected chi connectivity index (χ4v) is 2.82. The second kappa shape index (κ2) is 5.44. The van der Waals surface area contributed by atoms with E-state index in [0.29, 0.717) is 0 Å². The minimum Gasteiger partial charge on any atom is -0.0726 e. The highest BCUT2D eigenvalue weighted by molar-refractivity contribution is 5.96. The number of rotatable bonds is 4. The van der Waals surface area contributed by atoms with E-state index in [1.165, 1.54) is 41.2 Å². The Morgan fingerprint density at radius 2 is 1.84 bits per heavy atom. The largest absolute Gasteiger partial charge is 0.0726 e. The Bertz CT molecular complexity index is 639. The third kappa shape index (κ3) is 2.49. The summed E-state index contributed by atoms with van der Waals surface area (Å²) < 4.78 is 0. The standard InChI is InChI=1S/C19H20/c1-2-3-7-15-12-13-17(14-15)19-11-6-9-16-8-4-5-10-18(16)19/h4-6,8-11,13-14H,2-3,7,12H2,1H3. The first kappa shape index (κ1) is 12.2. The first-order valence-electron chi connectivity index (χ1n) is 7.26. The maximum atomic E-state index is 2.40. The van der Waals surface area contributed by atoms with Gasteiger partial charge in [0.15, 0.2) is 0 Å². The second-order valence-corrected chi connectivity index (χ2v) is 5.30. The molecule has 1 aliphatic carbocycles. The molecule has 0 aromatic heterocycles. The van der Waals surface area contributed by atoms with Crippen molar-refractivity contribution < 1.29 is 0 Å². The molecule has 0 saturated carbocycles. The second-order valence-electron chi connectivity index (χ2n) is 5.30. The highest BCUT2D eigenvalue weighted by Gasteiger charge is 2.10. The van der Waals surface area contributed by atoms with Gasteiger partial charge in [0.25, 0.3) is 0 Å². The molecule has 0 bridgehead atoms. The van der Waals surface area contributed by atoms with Crippen LogP contribution in [-0.4, -0.2) is 0 Å². The van der Waals surface area contributed by atoms with Crippen molar-refractivity contribution in [2.75, 3.05) is 0 Å². The predicted octanol–water partition coefficient (Wildman–Crippen LogP) is 5.74. The summed E-state index contributed by atoms with van der Waals surface area (Å²) in [5, 5.41) is 2.69. The molecule has 2 aromatic rings. The maximum absolute atomic E-state index is 2.40. The molecular formula is C19H20. The Morgan fingerprint density at radius 1 is 1.00 bits per heavy atom. The van der Waals surface area contributed by atoms with Crippen LogP contribution in [0.3, 0.4) is 0 Å². The number of hydrogen-bond acceptors (Lipinski definition) is 0. The summed E-state index contributed by atoms with van der Waals surface area (Å²) in [6.07, 6.45) is 9.76. The fraction of sp³-hybridized carbons (Fsp3) is 0.263. The van der Waals surface area contributed by atoms with Gasteiger partial charge in [-0.25, -0.2) is 0 Å². The normalized spacial score (nSPS) is 14.6. The van der Waals surface area contributed by atoms with Gasteiger partial charge in [-0.3, -0.25) is 0 Å². The van der Waals surface area contributed by atoms with Gasteiger partial charge in [0.1, 0.15) is 0 Å². The molecule has 2 aromatic carbocycles. The first-order chi connectivity index (χ1) is 9.38. The molecule has 19 heavy (non-hydrogen) atoms. The van der Waals surface area contributed by atoms with Crippen LogP contribution >= 0.6 is 0 Å². The van der Waals surface area contributed by atoms with Gasteiger partial charge in [0.05, 0.1) is 0 Å². The lowest BCUT2D eigenvalue weighted by Gasteiger charge is -2.06. The summed E-state index contributed by atoms with van der Waals surface area (Å²) in [5.41, 5.74) is 4.37. The van der Waals surface area contributed by atoms with Crippen LogP contribution in [0.4, 0.5) is 0 Å². The zero-order chi connectivity index (χ0) is 13.1. The Labute approximate surface area is 115 Å². The molecular weight excluding hydrogens is 228 g/mol. The van der Waals surface area contributed by atoms with Crippen LogP contribution in [0.25, 0.3) is 16.3 Å². The number of unbranched alkanes of at least 4 members (excludes halogenated alkanes) is 1. The predicted molar refractivity (Wildman–Crippen MR) is 84.2 cm³/mol. The molecule has 1 aliphatic rings. The van der Waals surface area contributed by atoms with E-state index in [1.807, 2.05) is 0 Å². The minimum absolute atomic E-state index is 1.14. The van der Waals surface area contributed by atoms with E-state index in [1.54, 1.807) is 5.57 Å². The molecule has 0 N–H and O–H groups in total. The highest BCUT2D eigenvalue weighted by atomic mass is 14.1. The summed E-state index contributed by atoms with van der Waals surface area (Å²) in [7, 11) is 0. The number of fused-ring (bicyclic) bond motifs is 1. The zero-order valence-corrected chi connectivity index (χ0v) is 11.5. The van der Waals surface area contributed by atoms with Gasteiger partial charge in [0, 0.05) is 0 Å². The van der Waals surface area contributed by atoms with Crippen LogP contribution in [0.15, 0.2) is 60.2 Å². The molecule has 0 radical (unpaired) electrons. The van der Waals surface area contributed by atoms with Crippen LogP contribution in [0, 0.1) is 0 Å². The van der Waals surface area contributed by atoms with E-state index in [4.69, 9.17) is 0 Å². The highest BCUT2D eigenvalue weighted by Crippen LogP contribution is 2.32. The molecule has 0 heteroatoms. The lowest BCUT2D eigenvalue weighted by Crippen LogP contribution is -1.82. The van der Waals surface area contributed by atoms with Crippen LogP contribution in [-0.2, 0) is 0 Å². The lowest BCUT2D eigenvalue weighted by molar-refractivity contribution is 0.779. The molecule has 0 nitrogen and oxygen atoms in total. The molecule has 96 valence electrons. The average Bonchev–Trinajstić information content (AvgIpc) is 2.93. The first-order valence-corrected chi connectivity index (χ1v) is 7.26. The topological polar surface area (TPSA) is 0 Å². The Morgan fingerprint density at radius 3 is 2.74 bits per heavy atom. The molecule has 0 unspecified atom stereocenters. The average molecular weight is 248 g/mol. The van der Waals surface area contributed by atoms with E-state index in [9.17, 15) is 0 Å². The van der Waals surface area contributed by atoms with Crippen molar-refractivity contribution in [2.24, 2.45) is 0 Å². The number of hydrogen-bond donors (Lipinski definition) is 0. The Hall–Kier alpha value is -1.82. The molecule has 0 aliphatic heterocycles. The summed E-state index contributed by atoms with van der Waals surface area (Å²) in [4.78, 5) is 0. The third-order valence-electron chi connectivity index (χ3n) is 3.90. The van der Waals surface area contributed by atoms with Crippen molar-refractivity contribution in [3.8, 4) is 0 Å². The monoisotopic (exact) mass is 248 g/mol.